The van der Waals surface area contributed by atoms with Crippen molar-refractivity contribution in [3.8, 4) is 0 Å². The molecule has 1 fully saturated rings. The summed E-state index contributed by atoms with van der Waals surface area (Å²) in [5.74, 6) is 0.450. The van der Waals surface area contributed by atoms with E-state index in [-0.39, 0.29) is 0 Å². The van der Waals surface area contributed by atoms with Gasteiger partial charge in [0.2, 0.25) is 10.0 Å². The van der Waals surface area contributed by atoms with E-state index >= 15 is 0 Å². The molecule has 4 nitrogen and oxygen atoms in total. The van der Waals surface area contributed by atoms with Crippen LogP contribution in [0.4, 0.5) is 5.69 Å². The van der Waals surface area contributed by atoms with Crippen molar-refractivity contribution < 1.29 is 8.42 Å². The number of nitrogens with zero attached hydrogens (tertiary/aromatic N) is 1. The number of benzene rings is 1. The Morgan fingerprint density at radius 1 is 1.35 bits per heavy atom. The fraction of sp³-hybridized carbons (Fsp3) is 0.500. The van der Waals surface area contributed by atoms with Gasteiger partial charge in [-0.05, 0) is 24.5 Å². The Kier molecular flexibility index (Phi) is 3.40. The molecule has 1 N–H and O–H groups in total. The largest absolute Gasteiger partial charge is 0.387 e. The first-order chi connectivity index (χ1) is 8.05. The summed E-state index contributed by atoms with van der Waals surface area (Å²) in [5.41, 5.74) is 0.659. The van der Waals surface area contributed by atoms with Crippen LogP contribution in [0.25, 0.3) is 0 Å². The molecule has 0 amide bonds. The number of nitrogens with one attached hydrogen (secondary N) is 1. The molecule has 1 unspecified atom stereocenters. The van der Waals surface area contributed by atoms with Crippen LogP contribution >= 0.6 is 0 Å². The minimum atomic E-state index is -3.34. The third-order valence-electron chi connectivity index (χ3n) is 3.16. The Balaban J connectivity index is 2.38. The van der Waals surface area contributed by atoms with Crippen molar-refractivity contribution in [3.63, 3.8) is 0 Å². The molecule has 2 rings (SSSR count). The summed E-state index contributed by atoms with van der Waals surface area (Å²) >= 11 is 0. The summed E-state index contributed by atoms with van der Waals surface area (Å²) in [5, 5.41) is 2.93. The zero-order valence-corrected chi connectivity index (χ0v) is 11.0. The highest BCUT2D eigenvalue weighted by molar-refractivity contribution is 7.89. The number of hydrogen-bond donors (Lipinski definition) is 1. The quantitative estimate of drug-likeness (QED) is 0.894. The van der Waals surface area contributed by atoms with Crippen molar-refractivity contribution in [3.05, 3.63) is 24.3 Å². The highest BCUT2D eigenvalue weighted by Gasteiger charge is 2.31. The fourth-order valence-electron chi connectivity index (χ4n) is 2.15. The first-order valence-corrected chi connectivity index (χ1v) is 7.26. The normalized spacial score (nSPS) is 21.6. The molecule has 1 aliphatic heterocycles. The van der Waals surface area contributed by atoms with Crippen LogP contribution in [0.5, 0.6) is 0 Å². The average molecular weight is 254 g/mol. The van der Waals surface area contributed by atoms with Gasteiger partial charge in [-0.15, -0.1) is 0 Å². The van der Waals surface area contributed by atoms with Crippen molar-refractivity contribution in [2.45, 2.75) is 18.2 Å². The zero-order chi connectivity index (χ0) is 12.5. The van der Waals surface area contributed by atoms with Crippen molar-refractivity contribution in [2.24, 2.45) is 5.92 Å². The van der Waals surface area contributed by atoms with Gasteiger partial charge in [0.05, 0.1) is 5.69 Å². The molecule has 0 aromatic heterocycles. The molecule has 0 saturated carbocycles. The lowest BCUT2D eigenvalue weighted by molar-refractivity contribution is 0.464. The summed E-state index contributed by atoms with van der Waals surface area (Å²) in [4.78, 5) is 0.372. The number of hydrogen-bond acceptors (Lipinski definition) is 3. The summed E-state index contributed by atoms with van der Waals surface area (Å²) in [6.07, 6.45) is 0.945. The van der Waals surface area contributed by atoms with Crippen LogP contribution in [0.1, 0.15) is 13.3 Å². The van der Waals surface area contributed by atoms with Gasteiger partial charge in [-0.25, -0.2) is 8.42 Å². The summed E-state index contributed by atoms with van der Waals surface area (Å²) in [6, 6.07) is 7.03. The molecule has 1 aromatic rings. The second-order valence-corrected chi connectivity index (χ2v) is 6.41. The molecule has 1 atom stereocenters. The third-order valence-corrected chi connectivity index (χ3v) is 5.08. The highest BCUT2D eigenvalue weighted by atomic mass is 32.2. The fourth-order valence-corrected chi connectivity index (χ4v) is 3.92. The molecule has 0 aliphatic carbocycles. The molecule has 17 heavy (non-hydrogen) atoms. The van der Waals surface area contributed by atoms with E-state index in [0.717, 1.165) is 6.42 Å². The van der Waals surface area contributed by atoms with Crippen molar-refractivity contribution in [1.29, 1.82) is 0 Å². The van der Waals surface area contributed by atoms with E-state index in [9.17, 15) is 8.42 Å². The van der Waals surface area contributed by atoms with E-state index in [1.54, 1.807) is 29.6 Å². The Hall–Kier alpha value is -1.07. The molecule has 1 aliphatic rings. The van der Waals surface area contributed by atoms with Crippen molar-refractivity contribution in [1.82, 2.24) is 4.31 Å². The standard InChI is InChI=1S/C12H18N2O2S/c1-10-7-8-14(9-10)17(15,16)12-6-4-3-5-11(12)13-2/h3-6,10,13H,7-9H2,1-2H3. The van der Waals surface area contributed by atoms with Gasteiger partial charge in [-0.1, -0.05) is 19.1 Å². The molecule has 94 valence electrons. The van der Waals surface area contributed by atoms with E-state index in [4.69, 9.17) is 0 Å². The molecule has 0 radical (unpaired) electrons. The molecule has 1 aromatic carbocycles. The first-order valence-electron chi connectivity index (χ1n) is 5.82. The van der Waals surface area contributed by atoms with E-state index in [0.29, 0.717) is 29.6 Å². The van der Waals surface area contributed by atoms with Gasteiger partial charge in [0.15, 0.2) is 0 Å². The molecule has 1 saturated heterocycles. The molecular weight excluding hydrogens is 236 g/mol. The lowest BCUT2D eigenvalue weighted by Gasteiger charge is -2.18. The van der Waals surface area contributed by atoms with Crippen LogP contribution < -0.4 is 5.32 Å². The van der Waals surface area contributed by atoms with Gasteiger partial charge >= 0.3 is 0 Å². The predicted octanol–water partition coefficient (Wildman–Crippen LogP) is 1.76. The Bertz CT molecular complexity index is 499. The highest BCUT2D eigenvalue weighted by Crippen LogP contribution is 2.28. The molecule has 0 spiro atoms. The van der Waals surface area contributed by atoms with Crippen LogP contribution in [0.15, 0.2) is 29.2 Å². The van der Waals surface area contributed by atoms with Crippen LogP contribution in [-0.4, -0.2) is 32.9 Å². The van der Waals surface area contributed by atoms with Crippen LogP contribution in [0.2, 0.25) is 0 Å². The molecular formula is C12H18N2O2S. The van der Waals surface area contributed by atoms with Crippen LogP contribution in [-0.2, 0) is 10.0 Å². The minimum absolute atomic E-state index is 0.372. The molecule has 0 bridgehead atoms. The van der Waals surface area contributed by atoms with Gasteiger partial charge in [0.1, 0.15) is 4.90 Å². The molecule has 5 heteroatoms. The third kappa shape index (κ3) is 2.30. The van der Waals surface area contributed by atoms with Crippen LogP contribution in [0, 0.1) is 5.92 Å². The van der Waals surface area contributed by atoms with Gasteiger partial charge in [-0.3, -0.25) is 0 Å². The van der Waals surface area contributed by atoms with Gasteiger partial charge in [0.25, 0.3) is 0 Å². The van der Waals surface area contributed by atoms with Gasteiger partial charge in [-0.2, -0.15) is 4.31 Å². The van der Waals surface area contributed by atoms with E-state index < -0.39 is 10.0 Å². The van der Waals surface area contributed by atoms with Crippen LogP contribution in [0.3, 0.4) is 0 Å². The lowest BCUT2D eigenvalue weighted by Crippen LogP contribution is -2.29. The number of para-hydroxylation sites is 1. The average Bonchev–Trinajstić information content (AvgIpc) is 2.76. The monoisotopic (exact) mass is 254 g/mol. The molecule has 1 heterocycles. The van der Waals surface area contributed by atoms with Gasteiger partial charge in [0, 0.05) is 20.1 Å². The first kappa shape index (κ1) is 12.4. The van der Waals surface area contributed by atoms with Crippen molar-refractivity contribution >= 4 is 15.7 Å². The van der Waals surface area contributed by atoms with E-state index in [1.165, 1.54) is 0 Å². The smallest absolute Gasteiger partial charge is 0.245 e. The predicted molar refractivity (Wildman–Crippen MR) is 68.5 cm³/mol. The summed E-state index contributed by atoms with van der Waals surface area (Å²) in [6.45, 7) is 3.33. The van der Waals surface area contributed by atoms with E-state index in [1.807, 2.05) is 6.07 Å². The number of rotatable bonds is 3. The second-order valence-electron chi connectivity index (χ2n) is 4.50. The Morgan fingerprint density at radius 3 is 2.65 bits per heavy atom. The maximum atomic E-state index is 12.4. The topological polar surface area (TPSA) is 49.4 Å². The zero-order valence-electron chi connectivity index (χ0n) is 10.2. The SMILES string of the molecule is CNc1ccccc1S(=O)(=O)N1CCC(C)C1. The summed E-state index contributed by atoms with van der Waals surface area (Å²) < 4.78 is 26.5. The maximum Gasteiger partial charge on any atom is 0.245 e. The van der Waals surface area contributed by atoms with Gasteiger partial charge < -0.3 is 5.32 Å². The number of sulfonamides is 1. The maximum absolute atomic E-state index is 12.4. The van der Waals surface area contributed by atoms with E-state index in [2.05, 4.69) is 12.2 Å². The lowest BCUT2D eigenvalue weighted by atomic mass is 10.2. The number of anilines is 1. The van der Waals surface area contributed by atoms with Crippen molar-refractivity contribution in [2.75, 3.05) is 25.5 Å². The Labute approximate surface area is 103 Å². The summed E-state index contributed by atoms with van der Waals surface area (Å²) in [7, 11) is -1.61. The minimum Gasteiger partial charge on any atom is -0.387 e. The second kappa shape index (κ2) is 4.66. The Morgan fingerprint density at radius 2 is 2.06 bits per heavy atom.